The van der Waals surface area contributed by atoms with Crippen LogP contribution in [0.5, 0.6) is 11.5 Å². The van der Waals surface area contributed by atoms with Crippen molar-refractivity contribution in [2.75, 3.05) is 6.61 Å². The van der Waals surface area contributed by atoms with Gasteiger partial charge in [0.1, 0.15) is 23.4 Å². The first-order valence-corrected chi connectivity index (χ1v) is 10.3. The van der Waals surface area contributed by atoms with Crippen molar-refractivity contribution in [2.45, 2.75) is 39.8 Å². The minimum Gasteiger partial charge on any atom is -0.494 e. The maximum Gasteiger partial charge on any atom is 0.279 e. The molecular formula is C23H28FN3O5. The summed E-state index contributed by atoms with van der Waals surface area (Å²) in [4.78, 5) is 37.2. The highest BCUT2D eigenvalue weighted by Crippen LogP contribution is 2.18. The number of benzene rings is 2. The zero-order valence-electron chi connectivity index (χ0n) is 18.5. The van der Waals surface area contributed by atoms with Crippen LogP contribution in [0.2, 0.25) is 0 Å². The van der Waals surface area contributed by atoms with Crippen molar-refractivity contribution in [1.82, 2.24) is 16.2 Å². The first-order valence-electron chi connectivity index (χ1n) is 10.3. The molecule has 0 aliphatic carbocycles. The molecule has 0 bridgehead atoms. The molecule has 0 saturated heterocycles. The van der Waals surface area contributed by atoms with E-state index in [1.807, 2.05) is 6.92 Å². The predicted octanol–water partition coefficient (Wildman–Crippen LogP) is 2.59. The number of halogens is 1. The Balaban J connectivity index is 1.90. The Morgan fingerprint density at radius 3 is 2.09 bits per heavy atom. The molecule has 3 N–H and O–H groups in total. The predicted molar refractivity (Wildman–Crippen MR) is 116 cm³/mol. The van der Waals surface area contributed by atoms with E-state index in [4.69, 9.17) is 9.47 Å². The molecule has 3 amide bonds. The highest BCUT2D eigenvalue weighted by atomic mass is 19.1. The fourth-order valence-electron chi connectivity index (χ4n) is 2.74. The molecule has 172 valence electrons. The average molecular weight is 445 g/mol. The van der Waals surface area contributed by atoms with Crippen molar-refractivity contribution < 1.29 is 28.2 Å². The third-order valence-corrected chi connectivity index (χ3v) is 4.48. The van der Waals surface area contributed by atoms with E-state index in [2.05, 4.69) is 16.2 Å². The van der Waals surface area contributed by atoms with E-state index < -0.39 is 35.7 Å². The van der Waals surface area contributed by atoms with E-state index >= 15 is 0 Å². The minimum atomic E-state index is -0.996. The number of nitrogens with one attached hydrogen (secondary N) is 3. The Morgan fingerprint density at radius 2 is 1.50 bits per heavy atom. The molecule has 0 radical (unpaired) electrons. The lowest BCUT2D eigenvalue weighted by molar-refractivity contribution is -0.133. The van der Waals surface area contributed by atoms with E-state index in [0.717, 1.165) is 6.07 Å². The van der Waals surface area contributed by atoms with Gasteiger partial charge in [-0.3, -0.25) is 25.2 Å². The van der Waals surface area contributed by atoms with Crippen molar-refractivity contribution >= 4 is 17.7 Å². The van der Waals surface area contributed by atoms with E-state index in [-0.39, 0.29) is 11.5 Å². The van der Waals surface area contributed by atoms with Gasteiger partial charge in [-0.1, -0.05) is 26.0 Å². The van der Waals surface area contributed by atoms with E-state index in [9.17, 15) is 18.8 Å². The highest BCUT2D eigenvalue weighted by molar-refractivity contribution is 5.98. The number of hydrogen-bond donors (Lipinski definition) is 3. The normalized spacial score (nSPS) is 12.4. The van der Waals surface area contributed by atoms with Gasteiger partial charge in [0.25, 0.3) is 17.7 Å². The summed E-state index contributed by atoms with van der Waals surface area (Å²) >= 11 is 0. The lowest BCUT2D eigenvalue weighted by Gasteiger charge is -2.22. The van der Waals surface area contributed by atoms with Crippen molar-refractivity contribution in [2.24, 2.45) is 5.92 Å². The molecule has 0 aliphatic rings. The molecule has 2 aromatic carbocycles. The van der Waals surface area contributed by atoms with Gasteiger partial charge in [-0.05, 0) is 56.2 Å². The molecule has 0 unspecified atom stereocenters. The highest BCUT2D eigenvalue weighted by Gasteiger charge is 2.26. The van der Waals surface area contributed by atoms with E-state index in [0.29, 0.717) is 18.1 Å². The number of carbonyl (C=O) groups is 3. The molecular weight excluding hydrogens is 417 g/mol. The standard InChI is InChI=1S/C23H28FN3O5/c1-5-31-16-10-12-17(13-11-16)32-15(4)21(28)26-27-23(30)20(14(2)3)25-22(29)18-8-6-7-9-19(18)24/h6-15,20H,5H2,1-4H3,(H,25,29)(H,26,28)(H,27,30)/t15-,20+/m1/s1. The van der Waals surface area contributed by atoms with Crippen LogP contribution in [0, 0.1) is 11.7 Å². The number of carbonyl (C=O) groups excluding carboxylic acids is 3. The Kier molecular flexibility index (Phi) is 9.00. The second-order valence-corrected chi connectivity index (χ2v) is 7.32. The molecule has 0 fully saturated rings. The maximum atomic E-state index is 13.8. The van der Waals surface area contributed by atoms with Crippen molar-refractivity contribution in [3.63, 3.8) is 0 Å². The largest absolute Gasteiger partial charge is 0.494 e. The second kappa shape index (κ2) is 11.7. The molecule has 2 rings (SSSR count). The summed E-state index contributed by atoms with van der Waals surface area (Å²) in [5.41, 5.74) is 4.39. The summed E-state index contributed by atoms with van der Waals surface area (Å²) in [6.07, 6.45) is -0.904. The monoisotopic (exact) mass is 445 g/mol. The van der Waals surface area contributed by atoms with Gasteiger partial charge in [0.2, 0.25) is 0 Å². The lowest BCUT2D eigenvalue weighted by Crippen LogP contribution is -2.56. The van der Waals surface area contributed by atoms with E-state index in [1.54, 1.807) is 38.1 Å². The van der Waals surface area contributed by atoms with Crippen LogP contribution >= 0.6 is 0 Å². The summed E-state index contributed by atoms with van der Waals surface area (Å²) in [6.45, 7) is 7.37. The Morgan fingerprint density at radius 1 is 0.906 bits per heavy atom. The zero-order chi connectivity index (χ0) is 23.7. The van der Waals surface area contributed by atoms with Crippen LogP contribution in [-0.4, -0.2) is 36.5 Å². The smallest absolute Gasteiger partial charge is 0.279 e. The Bertz CT molecular complexity index is 933. The minimum absolute atomic E-state index is 0.174. The molecule has 0 spiro atoms. The second-order valence-electron chi connectivity index (χ2n) is 7.32. The first kappa shape index (κ1) is 24.6. The van der Waals surface area contributed by atoms with Gasteiger partial charge in [-0.25, -0.2) is 4.39 Å². The molecule has 0 saturated carbocycles. The number of hydrogen-bond acceptors (Lipinski definition) is 5. The molecule has 9 heteroatoms. The van der Waals surface area contributed by atoms with Gasteiger partial charge >= 0.3 is 0 Å². The third-order valence-electron chi connectivity index (χ3n) is 4.48. The van der Waals surface area contributed by atoms with E-state index in [1.165, 1.54) is 25.1 Å². The number of rotatable bonds is 9. The summed E-state index contributed by atoms with van der Waals surface area (Å²) in [5.74, 6) is -1.83. The fourth-order valence-corrected chi connectivity index (χ4v) is 2.74. The van der Waals surface area contributed by atoms with Crippen LogP contribution in [0.1, 0.15) is 38.1 Å². The van der Waals surface area contributed by atoms with Crippen molar-refractivity contribution in [3.05, 3.63) is 59.9 Å². The van der Waals surface area contributed by atoms with Gasteiger partial charge in [0, 0.05) is 0 Å². The molecule has 0 heterocycles. The summed E-state index contributed by atoms with van der Waals surface area (Å²) in [7, 11) is 0. The van der Waals surface area contributed by atoms with Crippen LogP contribution in [0.15, 0.2) is 48.5 Å². The number of amides is 3. The number of ether oxygens (including phenoxy) is 2. The van der Waals surface area contributed by atoms with Crippen LogP contribution in [0.4, 0.5) is 4.39 Å². The summed E-state index contributed by atoms with van der Waals surface area (Å²) in [5, 5.41) is 2.50. The molecule has 2 atom stereocenters. The SMILES string of the molecule is CCOc1ccc(O[C@H](C)C(=O)NNC(=O)[C@@H](NC(=O)c2ccccc2F)C(C)C)cc1. The third kappa shape index (κ3) is 6.97. The zero-order valence-corrected chi connectivity index (χ0v) is 18.5. The summed E-state index contributed by atoms with van der Waals surface area (Å²) in [6, 6.07) is 11.2. The van der Waals surface area contributed by atoms with Crippen molar-refractivity contribution in [3.8, 4) is 11.5 Å². The van der Waals surface area contributed by atoms with Gasteiger partial charge in [0.15, 0.2) is 6.10 Å². The van der Waals surface area contributed by atoms with Gasteiger partial charge in [-0.2, -0.15) is 0 Å². The fraction of sp³-hybridized carbons (Fsp3) is 0.348. The molecule has 0 aliphatic heterocycles. The molecule has 0 aromatic heterocycles. The Labute approximate surface area is 186 Å². The molecule has 2 aromatic rings. The molecule has 8 nitrogen and oxygen atoms in total. The summed E-state index contributed by atoms with van der Waals surface area (Å²) < 4.78 is 24.7. The van der Waals surface area contributed by atoms with Crippen molar-refractivity contribution in [1.29, 1.82) is 0 Å². The molecule has 32 heavy (non-hydrogen) atoms. The Hall–Kier alpha value is -3.62. The topological polar surface area (TPSA) is 106 Å². The van der Waals surface area contributed by atoms with Gasteiger partial charge < -0.3 is 14.8 Å². The average Bonchev–Trinajstić information content (AvgIpc) is 2.77. The first-order chi connectivity index (χ1) is 15.2. The van der Waals surface area contributed by atoms with Crippen LogP contribution in [0.25, 0.3) is 0 Å². The number of hydrazine groups is 1. The maximum absolute atomic E-state index is 13.8. The quantitative estimate of drug-likeness (QED) is 0.515. The van der Waals surface area contributed by atoms with Gasteiger partial charge in [0.05, 0.1) is 12.2 Å². The van der Waals surface area contributed by atoms with Crippen LogP contribution in [-0.2, 0) is 9.59 Å². The van der Waals surface area contributed by atoms with Crippen LogP contribution < -0.4 is 25.6 Å². The van der Waals surface area contributed by atoms with Gasteiger partial charge in [-0.15, -0.1) is 0 Å². The van der Waals surface area contributed by atoms with Crippen LogP contribution in [0.3, 0.4) is 0 Å². The lowest BCUT2D eigenvalue weighted by atomic mass is 10.0.